The van der Waals surface area contributed by atoms with Gasteiger partial charge in [-0.15, -0.1) is 0 Å². The van der Waals surface area contributed by atoms with Crippen molar-refractivity contribution in [3.8, 4) is 22.9 Å². The summed E-state index contributed by atoms with van der Waals surface area (Å²) in [4.78, 5) is 22.8. The monoisotopic (exact) mass is 454 g/mol. The molecule has 2 N–H and O–H groups in total. The van der Waals surface area contributed by atoms with Gasteiger partial charge in [-0.3, -0.25) is 4.79 Å². The fourth-order valence-corrected chi connectivity index (χ4v) is 4.02. The van der Waals surface area contributed by atoms with Gasteiger partial charge >= 0.3 is 0 Å². The van der Waals surface area contributed by atoms with E-state index in [9.17, 15) is 10.1 Å². The number of amides is 1. The second-order valence-corrected chi connectivity index (χ2v) is 8.22. The number of nitrogen functional groups attached to an aromatic ring is 1. The van der Waals surface area contributed by atoms with E-state index in [4.69, 9.17) is 17.3 Å². The molecule has 0 unspecified atom stereocenters. The second kappa shape index (κ2) is 8.41. The van der Waals surface area contributed by atoms with Crippen LogP contribution < -0.4 is 5.73 Å². The first-order valence-corrected chi connectivity index (χ1v) is 10.8. The number of hydrogen-bond donors (Lipinski definition) is 1. The maximum absolute atomic E-state index is 12.5. The Hall–Kier alpha value is -4.15. The third-order valence-corrected chi connectivity index (χ3v) is 5.97. The molecule has 1 aliphatic rings. The van der Waals surface area contributed by atoms with E-state index in [1.165, 1.54) is 6.33 Å². The molecule has 0 radical (unpaired) electrons. The number of nitrogens with two attached hydrogens (primary N) is 1. The van der Waals surface area contributed by atoms with E-state index in [1.54, 1.807) is 11.0 Å². The van der Waals surface area contributed by atoms with Gasteiger partial charge in [0.2, 0.25) is 0 Å². The molecule has 0 saturated carbocycles. The van der Waals surface area contributed by atoms with Crippen LogP contribution >= 0.6 is 11.6 Å². The van der Waals surface area contributed by atoms with Crippen LogP contribution in [-0.4, -0.2) is 38.4 Å². The van der Waals surface area contributed by atoms with Crippen molar-refractivity contribution in [3.63, 3.8) is 0 Å². The van der Waals surface area contributed by atoms with E-state index >= 15 is 0 Å². The van der Waals surface area contributed by atoms with Crippen molar-refractivity contribution in [2.75, 3.05) is 18.8 Å². The molecule has 162 valence electrons. The van der Waals surface area contributed by atoms with E-state index in [0.717, 1.165) is 34.2 Å². The molecule has 5 rings (SSSR count). The lowest BCUT2D eigenvalue weighted by Gasteiger charge is -2.30. The molecule has 1 saturated heterocycles. The Kier molecular flexibility index (Phi) is 5.29. The minimum atomic E-state index is -0.230. The van der Waals surface area contributed by atoms with Gasteiger partial charge in [0.05, 0.1) is 5.39 Å². The van der Waals surface area contributed by atoms with Gasteiger partial charge in [-0.25, -0.2) is 9.97 Å². The summed E-state index contributed by atoms with van der Waals surface area (Å²) in [5.74, 6) is 0.151. The highest BCUT2D eigenvalue weighted by atomic mass is 35.5. The van der Waals surface area contributed by atoms with Crippen LogP contribution in [0.15, 0.2) is 66.6 Å². The Balaban J connectivity index is 1.61. The van der Waals surface area contributed by atoms with Crippen LogP contribution in [0.3, 0.4) is 0 Å². The lowest BCUT2D eigenvalue weighted by molar-refractivity contribution is -0.129. The number of hydrogen-bond acceptors (Lipinski definition) is 5. The highest BCUT2D eigenvalue weighted by Crippen LogP contribution is 2.35. The van der Waals surface area contributed by atoms with Gasteiger partial charge in [-0.05, 0) is 47.9 Å². The number of aromatic nitrogens is 3. The molecule has 3 heterocycles. The van der Waals surface area contributed by atoms with Gasteiger partial charge in [0.1, 0.15) is 23.8 Å². The number of nitriles is 1. The topological polar surface area (TPSA) is 101 Å². The molecular weight excluding hydrogens is 436 g/mol. The molecular formula is C25H19ClN6O. The quantitative estimate of drug-likeness (QED) is 0.362. The van der Waals surface area contributed by atoms with Crippen molar-refractivity contribution in [3.05, 3.63) is 77.2 Å². The Morgan fingerprint density at radius 3 is 2.64 bits per heavy atom. The molecule has 7 nitrogen and oxygen atoms in total. The van der Waals surface area contributed by atoms with Gasteiger partial charge in [0.15, 0.2) is 5.65 Å². The first-order chi connectivity index (χ1) is 16.0. The second-order valence-electron chi connectivity index (χ2n) is 7.79. The lowest BCUT2D eigenvalue weighted by Crippen LogP contribution is -2.42. The highest BCUT2D eigenvalue weighted by Gasteiger charge is 2.23. The summed E-state index contributed by atoms with van der Waals surface area (Å²) in [5, 5.41) is 10.9. The van der Waals surface area contributed by atoms with Gasteiger partial charge < -0.3 is 15.2 Å². The van der Waals surface area contributed by atoms with E-state index in [2.05, 4.69) is 9.97 Å². The predicted molar refractivity (Wildman–Crippen MR) is 129 cm³/mol. The summed E-state index contributed by atoms with van der Waals surface area (Å²) in [7, 11) is 0. The Labute approximate surface area is 195 Å². The van der Waals surface area contributed by atoms with Crippen LogP contribution in [0.5, 0.6) is 0 Å². The molecule has 1 fully saturated rings. The van der Waals surface area contributed by atoms with Gasteiger partial charge in [-0.1, -0.05) is 35.9 Å². The summed E-state index contributed by atoms with van der Waals surface area (Å²) in [5.41, 5.74) is 10.4. The molecule has 2 aromatic carbocycles. The molecule has 0 atom stereocenters. The third kappa shape index (κ3) is 3.81. The summed E-state index contributed by atoms with van der Waals surface area (Å²) < 4.78 is 1.93. The Morgan fingerprint density at radius 2 is 1.94 bits per heavy atom. The zero-order valence-electron chi connectivity index (χ0n) is 17.6. The number of halogens is 1. The molecule has 4 aromatic rings. The Morgan fingerprint density at radius 1 is 1.15 bits per heavy atom. The fraction of sp³-hybridized carbons (Fsp3) is 0.120. The zero-order valence-corrected chi connectivity index (χ0v) is 18.3. The number of carbonyl (C=O) groups is 1. The number of carbonyl (C=O) groups excluding carboxylic acids is 1. The minimum Gasteiger partial charge on any atom is -0.383 e. The summed E-state index contributed by atoms with van der Waals surface area (Å²) in [6.45, 7) is 1.39. The van der Waals surface area contributed by atoms with Crippen LogP contribution in [0, 0.1) is 11.3 Å². The summed E-state index contributed by atoms with van der Waals surface area (Å²) >= 11 is 6.07. The molecule has 8 heteroatoms. The largest absolute Gasteiger partial charge is 0.383 e. The average Bonchev–Trinajstić information content (AvgIpc) is 3.18. The highest BCUT2D eigenvalue weighted by molar-refractivity contribution is 6.30. The maximum atomic E-state index is 12.5. The molecule has 1 amide bonds. The molecule has 0 spiro atoms. The Bertz CT molecular complexity index is 1440. The third-order valence-electron chi connectivity index (χ3n) is 5.72. The standard InChI is InChI=1S/C25H19ClN6O/c26-19-7-5-17(6-8-19)21-14-32(24-22(21)23(28)29-15-30-24)20-4-1-3-16(12-20)11-18(13-27)25(33)31-9-2-10-31/h1,3-8,11-12,14-15H,2,9-10H2,(H2,28,29,30)/b18-11-. The maximum Gasteiger partial charge on any atom is 0.264 e. The normalized spacial score (nSPS) is 13.6. The van der Waals surface area contributed by atoms with Crippen molar-refractivity contribution >= 4 is 40.4 Å². The summed E-state index contributed by atoms with van der Waals surface area (Å²) in [6, 6.07) is 17.1. The predicted octanol–water partition coefficient (Wildman–Crippen LogP) is 4.46. The van der Waals surface area contributed by atoms with Crippen molar-refractivity contribution in [2.45, 2.75) is 6.42 Å². The zero-order chi connectivity index (χ0) is 22.9. The first kappa shape index (κ1) is 20.7. The van der Waals surface area contributed by atoms with Crippen molar-refractivity contribution in [1.29, 1.82) is 5.26 Å². The number of fused-ring (bicyclic) bond motifs is 1. The van der Waals surface area contributed by atoms with Gasteiger partial charge in [0.25, 0.3) is 5.91 Å². The number of benzene rings is 2. The molecule has 0 aliphatic carbocycles. The fourth-order valence-electron chi connectivity index (χ4n) is 3.89. The minimum absolute atomic E-state index is 0.123. The molecule has 33 heavy (non-hydrogen) atoms. The smallest absolute Gasteiger partial charge is 0.264 e. The molecule has 0 bridgehead atoms. The van der Waals surface area contributed by atoms with E-state index < -0.39 is 0 Å². The van der Waals surface area contributed by atoms with Crippen molar-refractivity contribution in [2.24, 2.45) is 0 Å². The van der Waals surface area contributed by atoms with Crippen LogP contribution in [0.4, 0.5) is 5.82 Å². The molecule has 2 aromatic heterocycles. The van der Waals surface area contributed by atoms with Crippen LogP contribution in [0.25, 0.3) is 33.9 Å². The molecule has 1 aliphatic heterocycles. The van der Waals surface area contributed by atoms with E-state index in [0.29, 0.717) is 29.6 Å². The number of anilines is 1. The van der Waals surface area contributed by atoms with Crippen LogP contribution in [0.1, 0.15) is 12.0 Å². The van der Waals surface area contributed by atoms with Gasteiger partial charge in [0, 0.05) is 35.6 Å². The SMILES string of the molecule is N#C/C(=C/c1cccc(-n2cc(-c3ccc(Cl)cc3)c3c(N)ncnc32)c1)C(=O)N1CCC1. The number of likely N-dealkylation sites (tertiary alicyclic amines) is 1. The number of rotatable bonds is 4. The van der Waals surface area contributed by atoms with E-state index in [1.807, 2.05) is 65.4 Å². The van der Waals surface area contributed by atoms with Gasteiger partial charge in [-0.2, -0.15) is 5.26 Å². The first-order valence-electron chi connectivity index (χ1n) is 10.4. The van der Waals surface area contributed by atoms with Crippen molar-refractivity contribution in [1.82, 2.24) is 19.4 Å². The van der Waals surface area contributed by atoms with Crippen LogP contribution in [-0.2, 0) is 4.79 Å². The van der Waals surface area contributed by atoms with Crippen LogP contribution in [0.2, 0.25) is 5.02 Å². The average molecular weight is 455 g/mol. The van der Waals surface area contributed by atoms with Crippen molar-refractivity contribution < 1.29 is 4.79 Å². The number of nitrogens with zero attached hydrogens (tertiary/aromatic N) is 5. The summed E-state index contributed by atoms with van der Waals surface area (Å²) in [6.07, 6.45) is 5.99. The van der Waals surface area contributed by atoms with E-state index in [-0.39, 0.29) is 11.5 Å². The lowest BCUT2D eigenvalue weighted by atomic mass is 10.1.